The molecule has 20 nitrogen and oxygen atoms in total. The first-order chi connectivity index (χ1) is 23.4. The van der Waals surface area contributed by atoms with Crippen molar-refractivity contribution in [3.63, 3.8) is 0 Å². The van der Waals surface area contributed by atoms with Crippen LogP contribution in [0.4, 0.5) is 0 Å². The van der Waals surface area contributed by atoms with Crippen LogP contribution in [0.25, 0.3) is 0 Å². The highest BCUT2D eigenvalue weighted by molar-refractivity contribution is 5.73. The summed E-state index contributed by atoms with van der Waals surface area (Å²) in [6.45, 7) is 5.38. The van der Waals surface area contributed by atoms with Crippen LogP contribution in [0.5, 0.6) is 0 Å². The first kappa shape index (κ1) is 41.5. The molecule has 20 heteroatoms. The third-order valence-electron chi connectivity index (χ3n) is 9.45. The molecule has 50 heavy (non-hydrogen) atoms. The summed E-state index contributed by atoms with van der Waals surface area (Å²) in [5, 5.41) is 118. The van der Waals surface area contributed by atoms with Gasteiger partial charge in [-0.05, 0) is 12.3 Å². The van der Waals surface area contributed by atoms with Crippen molar-refractivity contribution in [1.29, 1.82) is 0 Å². The molecule has 0 bridgehead atoms. The van der Waals surface area contributed by atoms with E-state index in [2.05, 4.69) is 5.32 Å². The van der Waals surface area contributed by atoms with E-state index in [1.165, 1.54) is 6.92 Å². The van der Waals surface area contributed by atoms with Crippen molar-refractivity contribution in [2.45, 2.75) is 157 Å². The topological polar surface area (TPSA) is 316 Å². The molecular formula is C30H53NO19. The van der Waals surface area contributed by atoms with Crippen molar-refractivity contribution < 1.29 is 94.1 Å². The summed E-state index contributed by atoms with van der Waals surface area (Å²) in [6.07, 6.45) is -30.3. The third-order valence-corrected chi connectivity index (χ3v) is 9.45. The van der Waals surface area contributed by atoms with Gasteiger partial charge in [-0.25, -0.2) is 0 Å². The first-order valence-electron chi connectivity index (χ1n) is 16.5. The predicted octanol–water partition coefficient (Wildman–Crippen LogP) is -6.48. The molecule has 292 valence electrons. The SMILES string of the molecule is CC(=O)NC1[C@H](O[C@@H]2C(O)[C@H](C(C)(C)C)OC(CO)[C@@H]2O)OC(CO)[C@@H](O[C@@H]2OC(CO)[C@H](O)[C@H](O)C2O)[C@@H]1O[C@@H]1OC(C)[C@@H](O)C(O)[C@H]1O. The van der Waals surface area contributed by atoms with Crippen LogP contribution in [0.2, 0.25) is 0 Å². The van der Waals surface area contributed by atoms with Crippen LogP contribution in [0.3, 0.4) is 0 Å². The van der Waals surface area contributed by atoms with E-state index in [0.29, 0.717) is 0 Å². The molecule has 0 radical (unpaired) electrons. The molecule has 0 aromatic carbocycles. The lowest BCUT2D eigenvalue weighted by molar-refractivity contribution is -0.382. The summed E-state index contributed by atoms with van der Waals surface area (Å²) in [5.41, 5.74) is -0.737. The molecule has 0 aromatic heterocycles. The number of aliphatic hydroxyl groups excluding tert-OH is 11. The van der Waals surface area contributed by atoms with E-state index in [-0.39, 0.29) is 0 Å². The fourth-order valence-corrected chi connectivity index (χ4v) is 6.61. The fraction of sp³-hybridized carbons (Fsp3) is 0.967. The summed E-state index contributed by atoms with van der Waals surface area (Å²) in [6, 6.07) is -1.54. The molecule has 4 saturated heterocycles. The second kappa shape index (κ2) is 16.8. The monoisotopic (exact) mass is 731 g/mol. The molecule has 1 amide bonds. The van der Waals surface area contributed by atoms with E-state index >= 15 is 0 Å². The standard InChI is InChI=1S/C30H53NO19/c1-9-15(36)18(39)20(41)28(44-9)49-24-14(31-10(2)35)27(50-25-17(38)12(7-33)45-26(22(25)43)30(3,4)5)47-13(8-34)23(24)48-29-21(42)19(40)16(37)11(6-32)46-29/h9,11-29,32-34,36-43H,6-8H2,1-5H3,(H,31,35)/t9?,11?,12?,13?,14?,15-,16+,17+,18?,19+,20-,21?,22?,23-,24-,25+,26-,27+,28+,29+/m1/s1. The lowest BCUT2D eigenvalue weighted by atomic mass is 9.80. The Bertz CT molecular complexity index is 1100. The minimum absolute atomic E-state index is 0.662. The number of carbonyl (C=O) groups excluding carboxylic acids is 1. The Morgan fingerprint density at radius 1 is 0.580 bits per heavy atom. The van der Waals surface area contributed by atoms with E-state index in [1.54, 1.807) is 20.8 Å². The van der Waals surface area contributed by atoms with E-state index in [1.807, 2.05) is 0 Å². The quantitative estimate of drug-likeness (QED) is 0.0994. The molecule has 4 fully saturated rings. The van der Waals surface area contributed by atoms with Gasteiger partial charge in [-0.3, -0.25) is 4.79 Å². The fourth-order valence-electron chi connectivity index (χ4n) is 6.61. The Hall–Kier alpha value is -1.25. The van der Waals surface area contributed by atoms with Gasteiger partial charge in [0, 0.05) is 6.92 Å². The molecule has 0 aromatic rings. The van der Waals surface area contributed by atoms with Gasteiger partial charge in [0.05, 0.1) is 32.0 Å². The number of rotatable bonds is 10. The molecule has 0 aliphatic carbocycles. The Balaban J connectivity index is 1.75. The van der Waals surface area contributed by atoms with Crippen molar-refractivity contribution in [3.05, 3.63) is 0 Å². The van der Waals surface area contributed by atoms with Crippen LogP contribution < -0.4 is 5.32 Å². The lowest BCUT2D eigenvalue weighted by Gasteiger charge is -2.52. The van der Waals surface area contributed by atoms with Gasteiger partial charge in [-0.15, -0.1) is 0 Å². The number of aliphatic hydroxyl groups is 11. The van der Waals surface area contributed by atoms with Gasteiger partial charge in [-0.1, -0.05) is 20.8 Å². The van der Waals surface area contributed by atoms with E-state index < -0.39 is 154 Å². The molecule has 4 heterocycles. The smallest absolute Gasteiger partial charge is 0.217 e. The van der Waals surface area contributed by atoms with Crippen LogP contribution in [-0.4, -0.2) is 204 Å². The largest absolute Gasteiger partial charge is 0.394 e. The van der Waals surface area contributed by atoms with Crippen molar-refractivity contribution in [3.8, 4) is 0 Å². The summed E-state index contributed by atoms with van der Waals surface area (Å²) in [7, 11) is 0. The number of nitrogens with one attached hydrogen (secondary N) is 1. The zero-order valence-electron chi connectivity index (χ0n) is 28.4. The van der Waals surface area contributed by atoms with Gasteiger partial charge >= 0.3 is 0 Å². The van der Waals surface area contributed by atoms with E-state index in [4.69, 9.17) is 33.2 Å². The normalized spacial score (nSPS) is 49.0. The van der Waals surface area contributed by atoms with Gasteiger partial charge < -0.3 is 94.6 Å². The maximum atomic E-state index is 12.6. The third kappa shape index (κ3) is 8.59. The molecular weight excluding hydrogens is 678 g/mol. The zero-order valence-corrected chi connectivity index (χ0v) is 28.4. The maximum Gasteiger partial charge on any atom is 0.217 e. The summed E-state index contributed by atoms with van der Waals surface area (Å²) < 4.78 is 41.2. The molecule has 4 aliphatic rings. The van der Waals surface area contributed by atoms with Crippen molar-refractivity contribution in [2.75, 3.05) is 19.8 Å². The van der Waals surface area contributed by atoms with Gasteiger partial charge in [0.25, 0.3) is 0 Å². The van der Waals surface area contributed by atoms with E-state index in [9.17, 15) is 61.0 Å². The van der Waals surface area contributed by atoms with Gasteiger partial charge in [-0.2, -0.15) is 0 Å². The van der Waals surface area contributed by atoms with Gasteiger partial charge in [0.15, 0.2) is 18.9 Å². The second-order valence-electron chi connectivity index (χ2n) is 14.3. The van der Waals surface area contributed by atoms with Gasteiger partial charge in [0.1, 0.15) is 91.5 Å². The van der Waals surface area contributed by atoms with Crippen LogP contribution in [0, 0.1) is 5.41 Å². The molecule has 20 atom stereocenters. The summed E-state index contributed by atoms with van der Waals surface area (Å²) >= 11 is 0. The molecule has 0 spiro atoms. The minimum Gasteiger partial charge on any atom is -0.394 e. The Morgan fingerprint density at radius 2 is 1.06 bits per heavy atom. The molecule has 8 unspecified atom stereocenters. The Labute approximate surface area is 288 Å². The number of ether oxygens (including phenoxy) is 7. The van der Waals surface area contributed by atoms with Crippen LogP contribution in [-0.2, 0) is 38.0 Å². The van der Waals surface area contributed by atoms with Crippen LogP contribution >= 0.6 is 0 Å². The number of hydrogen-bond donors (Lipinski definition) is 12. The molecule has 12 N–H and O–H groups in total. The molecule has 0 saturated carbocycles. The average Bonchev–Trinajstić information content (AvgIpc) is 3.05. The minimum atomic E-state index is -1.94. The van der Waals surface area contributed by atoms with Crippen molar-refractivity contribution in [2.24, 2.45) is 5.41 Å². The second-order valence-corrected chi connectivity index (χ2v) is 14.3. The van der Waals surface area contributed by atoms with Crippen LogP contribution in [0.15, 0.2) is 0 Å². The number of carbonyl (C=O) groups is 1. The highest BCUT2D eigenvalue weighted by Gasteiger charge is 2.57. The number of amides is 1. The zero-order chi connectivity index (χ0) is 37.4. The van der Waals surface area contributed by atoms with Gasteiger partial charge in [0.2, 0.25) is 5.91 Å². The van der Waals surface area contributed by atoms with E-state index in [0.717, 1.165) is 6.92 Å². The summed E-state index contributed by atoms with van der Waals surface area (Å²) in [5.74, 6) is -0.711. The predicted molar refractivity (Wildman–Crippen MR) is 161 cm³/mol. The lowest BCUT2D eigenvalue weighted by Crippen LogP contribution is -2.71. The van der Waals surface area contributed by atoms with Crippen molar-refractivity contribution in [1.82, 2.24) is 5.32 Å². The first-order valence-corrected chi connectivity index (χ1v) is 16.5. The van der Waals surface area contributed by atoms with Crippen molar-refractivity contribution >= 4 is 5.91 Å². The number of hydrogen-bond acceptors (Lipinski definition) is 19. The maximum absolute atomic E-state index is 12.6. The molecule has 4 rings (SSSR count). The summed E-state index contributed by atoms with van der Waals surface area (Å²) in [4.78, 5) is 12.6. The Morgan fingerprint density at radius 3 is 1.60 bits per heavy atom. The van der Waals surface area contributed by atoms with Crippen LogP contribution in [0.1, 0.15) is 34.6 Å². The average molecular weight is 732 g/mol. The Kier molecular flexibility index (Phi) is 14.0. The highest BCUT2D eigenvalue weighted by Crippen LogP contribution is 2.38. The highest BCUT2D eigenvalue weighted by atomic mass is 16.8. The molecule has 4 aliphatic heterocycles.